The van der Waals surface area contributed by atoms with E-state index < -0.39 is 5.60 Å². The molecule has 0 unspecified atom stereocenters. The fraction of sp³-hybridized carbons (Fsp3) is 0.846. The topological polar surface area (TPSA) is 52.9 Å². The van der Waals surface area contributed by atoms with Crippen molar-refractivity contribution in [3.05, 3.63) is 23.8 Å². The van der Waals surface area contributed by atoms with E-state index in [9.17, 15) is 10.2 Å². The van der Waals surface area contributed by atoms with E-state index in [0.29, 0.717) is 18.3 Å². The van der Waals surface area contributed by atoms with E-state index in [-0.39, 0.29) is 12.0 Å². The summed E-state index contributed by atoms with van der Waals surface area (Å²) in [4.78, 5) is 2.53. The summed E-state index contributed by atoms with van der Waals surface area (Å²) in [6.45, 7) is 9.31. The van der Waals surface area contributed by atoms with Crippen LogP contribution in [0, 0.1) is 17.8 Å². The molecule has 30 heavy (non-hydrogen) atoms. The summed E-state index contributed by atoms with van der Waals surface area (Å²) < 4.78 is 5.42. The zero-order valence-corrected chi connectivity index (χ0v) is 19.4. The van der Waals surface area contributed by atoms with E-state index in [4.69, 9.17) is 4.74 Å². The van der Waals surface area contributed by atoms with Crippen LogP contribution in [0.15, 0.2) is 23.8 Å². The van der Waals surface area contributed by atoms with Crippen LogP contribution >= 0.6 is 0 Å². The van der Waals surface area contributed by atoms with Gasteiger partial charge in [0.25, 0.3) is 0 Å². The highest BCUT2D eigenvalue weighted by atomic mass is 16.5. The van der Waals surface area contributed by atoms with Crippen LogP contribution in [0.5, 0.6) is 0 Å². The first kappa shape index (κ1) is 24.0. The largest absolute Gasteiger partial charge is 0.392 e. The summed E-state index contributed by atoms with van der Waals surface area (Å²) in [5.74, 6) is 1.38. The third kappa shape index (κ3) is 7.19. The van der Waals surface area contributed by atoms with Gasteiger partial charge < -0.3 is 14.9 Å². The van der Waals surface area contributed by atoms with Crippen molar-refractivity contribution in [1.82, 2.24) is 4.90 Å². The normalized spacial score (nSPS) is 31.8. The second-order valence-electron chi connectivity index (χ2n) is 10.2. The van der Waals surface area contributed by atoms with Crippen molar-refractivity contribution < 1.29 is 14.9 Å². The Balaban J connectivity index is 1.36. The quantitative estimate of drug-likeness (QED) is 0.355. The van der Waals surface area contributed by atoms with Crippen LogP contribution in [0.4, 0.5) is 0 Å². The van der Waals surface area contributed by atoms with Gasteiger partial charge in [-0.3, -0.25) is 4.90 Å². The molecule has 0 radical (unpaired) electrons. The third-order valence-electron chi connectivity index (χ3n) is 7.51. The number of rotatable bonds is 12. The highest BCUT2D eigenvalue weighted by Crippen LogP contribution is 2.48. The summed E-state index contributed by atoms with van der Waals surface area (Å²) >= 11 is 0. The van der Waals surface area contributed by atoms with Crippen LogP contribution in [-0.4, -0.2) is 59.7 Å². The second kappa shape index (κ2) is 11.8. The Labute approximate surface area is 184 Å². The average Bonchev–Trinajstić information content (AvgIpc) is 3.24. The number of unbranched alkanes of at least 4 members (excludes halogenated alkanes) is 3. The first-order chi connectivity index (χ1) is 14.5. The van der Waals surface area contributed by atoms with Gasteiger partial charge in [0, 0.05) is 19.0 Å². The average molecular weight is 420 g/mol. The maximum absolute atomic E-state index is 10.6. The number of hydrogen-bond donors (Lipinski definition) is 2. The molecule has 0 aromatic carbocycles. The van der Waals surface area contributed by atoms with Crippen LogP contribution in [0.2, 0.25) is 0 Å². The molecule has 1 saturated heterocycles. The van der Waals surface area contributed by atoms with Crippen LogP contribution in [0.25, 0.3) is 0 Å². The molecule has 5 atom stereocenters. The number of ether oxygens (including phenoxy) is 1. The third-order valence-corrected chi connectivity index (χ3v) is 7.51. The molecule has 0 aromatic rings. The van der Waals surface area contributed by atoms with E-state index in [0.717, 1.165) is 58.4 Å². The summed E-state index contributed by atoms with van der Waals surface area (Å²) in [6, 6.07) is 0. The van der Waals surface area contributed by atoms with Crippen molar-refractivity contribution in [2.45, 2.75) is 89.8 Å². The Hall–Kier alpha value is -0.680. The molecule has 0 bridgehead atoms. The van der Waals surface area contributed by atoms with Crippen molar-refractivity contribution in [3.8, 4) is 0 Å². The molecule has 0 spiro atoms. The van der Waals surface area contributed by atoms with Gasteiger partial charge in [0.1, 0.15) is 0 Å². The van der Waals surface area contributed by atoms with E-state index in [1.807, 2.05) is 6.92 Å². The highest BCUT2D eigenvalue weighted by molar-refractivity contribution is 5.20. The van der Waals surface area contributed by atoms with Crippen molar-refractivity contribution in [2.75, 3.05) is 32.8 Å². The fourth-order valence-electron chi connectivity index (χ4n) is 5.62. The molecular formula is C26H45NO3. The zero-order valence-electron chi connectivity index (χ0n) is 19.4. The van der Waals surface area contributed by atoms with Crippen LogP contribution in [-0.2, 0) is 4.74 Å². The monoisotopic (exact) mass is 419 g/mol. The van der Waals surface area contributed by atoms with Gasteiger partial charge in [0.2, 0.25) is 0 Å². The molecule has 4 nitrogen and oxygen atoms in total. The molecule has 0 amide bonds. The molecule has 4 heteroatoms. The Kier molecular flexibility index (Phi) is 9.43. The Morgan fingerprint density at radius 1 is 1.20 bits per heavy atom. The van der Waals surface area contributed by atoms with E-state index in [1.165, 1.54) is 32.2 Å². The summed E-state index contributed by atoms with van der Waals surface area (Å²) in [5, 5.41) is 21.1. The lowest BCUT2D eigenvalue weighted by Gasteiger charge is -2.26. The molecule has 1 saturated carbocycles. The van der Waals surface area contributed by atoms with Crippen LogP contribution in [0.1, 0.15) is 78.1 Å². The van der Waals surface area contributed by atoms with Crippen LogP contribution in [0.3, 0.4) is 0 Å². The lowest BCUT2D eigenvalue weighted by atomic mass is 9.87. The molecule has 0 aromatic heterocycles. The van der Waals surface area contributed by atoms with Crippen molar-refractivity contribution in [3.63, 3.8) is 0 Å². The predicted octanol–water partition coefficient (Wildman–Crippen LogP) is 4.71. The second-order valence-corrected chi connectivity index (χ2v) is 10.2. The van der Waals surface area contributed by atoms with E-state index >= 15 is 0 Å². The smallest absolute Gasteiger partial charge is 0.0654 e. The Bertz CT molecular complexity index is 565. The van der Waals surface area contributed by atoms with Gasteiger partial charge >= 0.3 is 0 Å². The number of hydrogen-bond acceptors (Lipinski definition) is 4. The van der Waals surface area contributed by atoms with Gasteiger partial charge in [0.15, 0.2) is 0 Å². The van der Waals surface area contributed by atoms with Gasteiger partial charge in [-0.15, -0.1) is 0 Å². The molecule has 3 rings (SSSR count). The number of morpholine rings is 1. The van der Waals surface area contributed by atoms with Gasteiger partial charge in [-0.1, -0.05) is 50.0 Å². The molecule has 1 aliphatic heterocycles. The van der Waals surface area contributed by atoms with Gasteiger partial charge in [0.05, 0.1) is 24.9 Å². The number of allylic oxidation sites excluding steroid dienone is 2. The lowest BCUT2D eigenvalue weighted by Crippen LogP contribution is -2.36. The van der Waals surface area contributed by atoms with Crippen molar-refractivity contribution in [2.24, 2.45) is 17.8 Å². The number of aliphatic hydroxyl groups is 2. The molecule has 2 fully saturated rings. The zero-order chi connectivity index (χ0) is 21.4. The number of fused-ring (bicyclic) bond motifs is 1. The predicted molar refractivity (Wildman–Crippen MR) is 123 cm³/mol. The number of aliphatic hydroxyl groups excluding tert-OH is 1. The first-order valence-corrected chi connectivity index (χ1v) is 12.6. The molecule has 2 aliphatic carbocycles. The van der Waals surface area contributed by atoms with E-state index in [1.54, 1.807) is 5.57 Å². The molecule has 1 heterocycles. The molecule has 2 N–H and O–H groups in total. The van der Waals surface area contributed by atoms with E-state index in [2.05, 4.69) is 30.1 Å². The first-order valence-electron chi connectivity index (χ1n) is 12.6. The maximum Gasteiger partial charge on any atom is 0.0654 e. The van der Waals surface area contributed by atoms with Crippen molar-refractivity contribution in [1.29, 1.82) is 0 Å². The van der Waals surface area contributed by atoms with Crippen LogP contribution < -0.4 is 0 Å². The Morgan fingerprint density at radius 2 is 2.00 bits per heavy atom. The summed E-state index contributed by atoms with van der Waals surface area (Å²) in [6.07, 6.45) is 17.5. The summed E-state index contributed by atoms with van der Waals surface area (Å²) in [7, 11) is 0. The number of nitrogens with zero attached hydrogens (tertiary/aromatic N) is 1. The minimum atomic E-state index is -0.615. The minimum absolute atomic E-state index is 0.219. The lowest BCUT2D eigenvalue weighted by molar-refractivity contribution is 0.0371. The summed E-state index contributed by atoms with van der Waals surface area (Å²) in [5.41, 5.74) is 1.01. The van der Waals surface area contributed by atoms with Gasteiger partial charge in [-0.05, 0) is 70.3 Å². The highest BCUT2D eigenvalue weighted by Gasteiger charge is 2.43. The van der Waals surface area contributed by atoms with Crippen molar-refractivity contribution >= 4 is 0 Å². The fourth-order valence-corrected chi connectivity index (χ4v) is 5.62. The molecule has 172 valence electrons. The maximum atomic E-state index is 10.6. The SMILES string of the molecule is CCCC[C@@](C)(O)C/C=C/[C@@H]1[C@H]2CC(CCCCCN3CCOCC3)=C[C@H]2C[C@H]1O. The van der Waals surface area contributed by atoms with Gasteiger partial charge in [-0.2, -0.15) is 0 Å². The minimum Gasteiger partial charge on any atom is -0.392 e. The molecule has 3 aliphatic rings. The van der Waals surface area contributed by atoms with Gasteiger partial charge in [-0.25, -0.2) is 0 Å². The Morgan fingerprint density at radius 3 is 2.77 bits per heavy atom. The molecular weight excluding hydrogens is 374 g/mol. The standard InChI is InChI=1S/C26H45NO3/c1-3-4-11-26(2,29)12-8-10-23-24-19-21(18-22(24)20-25(23)28)9-6-5-7-13-27-14-16-30-17-15-27/h8,10,18,22-25,28-29H,3-7,9,11-17,19-20H2,1-2H3/b10-8+/t22-,23+,24-,25+,26+/m0/s1.